The first-order valence-electron chi connectivity index (χ1n) is 8.30. The number of para-hydroxylation sites is 2. The number of nitrogens with zero attached hydrogens (tertiary/aromatic N) is 2. The minimum Gasteiger partial charge on any atom is -0.342 e. The number of imidazole rings is 1. The fraction of sp³-hybridized carbons (Fsp3) is 0.316. The normalized spacial score (nSPS) is 19.0. The van der Waals surface area contributed by atoms with E-state index in [1.54, 1.807) is 0 Å². The minimum atomic E-state index is 0.453. The maximum atomic E-state index is 6.14. The fourth-order valence-corrected chi connectivity index (χ4v) is 3.81. The molecule has 0 bridgehead atoms. The summed E-state index contributed by atoms with van der Waals surface area (Å²) in [4.78, 5) is 10.7. The zero-order valence-corrected chi connectivity index (χ0v) is 14.8. The Morgan fingerprint density at radius 3 is 2.83 bits per heavy atom. The number of aromatic amines is 1. The largest absolute Gasteiger partial charge is 0.342 e. The Morgan fingerprint density at radius 2 is 2.00 bits per heavy atom. The van der Waals surface area contributed by atoms with E-state index in [1.165, 1.54) is 18.4 Å². The van der Waals surface area contributed by atoms with E-state index in [2.05, 4.69) is 28.1 Å². The van der Waals surface area contributed by atoms with Crippen LogP contribution in [-0.2, 0) is 6.54 Å². The van der Waals surface area contributed by atoms with Gasteiger partial charge >= 0.3 is 0 Å². The molecule has 1 aliphatic rings. The smallest absolute Gasteiger partial charge is 0.111 e. The molecule has 0 aliphatic carbocycles. The van der Waals surface area contributed by atoms with Gasteiger partial charge in [0, 0.05) is 19.0 Å². The van der Waals surface area contributed by atoms with Crippen LogP contribution in [0.15, 0.2) is 42.5 Å². The van der Waals surface area contributed by atoms with Crippen molar-refractivity contribution in [2.24, 2.45) is 0 Å². The molecule has 3 aromatic rings. The van der Waals surface area contributed by atoms with E-state index in [1.807, 2.05) is 24.3 Å². The monoisotopic (exact) mass is 359 g/mol. The topological polar surface area (TPSA) is 31.9 Å². The number of rotatable bonds is 3. The number of nitrogens with one attached hydrogen (secondary N) is 1. The molecule has 0 saturated carbocycles. The van der Waals surface area contributed by atoms with Crippen molar-refractivity contribution in [3.05, 3.63) is 63.9 Å². The molecule has 5 heteroatoms. The van der Waals surface area contributed by atoms with Crippen molar-refractivity contribution in [3.63, 3.8) is 0 Å². The standard InChI is InChI=1S/C19H19Cl2N3/c20-15-8-7-13(10-16(15)21)11-24-9-3-4-14(12-24)19-22-17-5-1-2-6-18(17)23-19/h1-2,5-8,10,14H,3-4,9,11-12H2,(H,22,23). The summed E-state index contributed by atoms with van der Waals surface area (Å²) in [6, 6.07) is 14.1. The lowest BCUT2D eigenvalue weighted by Gasteiger charge is -2.31. The third-order valence-corrected chi connectivity index (χ3v) is 5.43. The number of hydrogen-bond donors (Lipinski definition) is 1. The third kappa shape index (κ3) is 3.30. The summed E-state index contributed by atoms with van der Waals surface area (Å²) >= 11 is 12.1. The molecule has 24 heavy (non-hydrogen) atoms. The number of hydrogen-bond acceptors (Lipinski definition) is 2. The predicted octanol–water partition coefficient (Wildman–Crippen LogP) is 5.25. The highest BCUT2D eigenvalue weighted by atomic mass is 35.5. The molecule has 0 radical (unpaired) electrons. The van der Waals surface area contributed by atoms with Crippen LogP contribution in [0.1, 0.15) is 30.1 Å². The molecule has 1 saturated heterocycles. The molecular formula is C19H19Cl2N3. The Morgan fingerprint density at radius 1 is 1.12 bits per heavy atom. The summed E-state index contributed by atoms with van der Waals surface area (Å²) in [5, 5.41) is 1.24. The molecule has 1 atom stereocenters. The highest BCUT2D eigenvalue weighted by Gasteiger charge is 2.24. The van der Waals surface area contributed by atoms with Gasteiger partial charge in [-0.05, 0) is 49.2 Å². The molecule has 0 amide bonds. The van der Waals surface area contributed by atoms with Crippen LogP contribution in [0.5, 0.6) is 0 Å². The third-order valence-electron chi connectivity index (χ3n) is 4.69. The second kappa shape index (κ2) is 6.75. The average Bonchev–Trinajstić information content (AvgIpc) is 3.03. The van der Waals surface area contributed by atoms with E-state index < -0.39 is 0 Å². The number of aromatic nitrogens is 2. The molecule has 1 fully saturated rings. The Balaban J connectivity index is 1.49. The van der Waals surface area contributed by atoms with E-state index in [4.69, 9.17) is 28.2 Å². The maximum absolute atomic E-state index is 6.14. The van der Waals surface area contributed by atoms with E-state index in [0.29, 0.717) is 16.0 Å². The van der Waals surface area contributed by atoms with Gasteiger partial charge in [-0.2, -0.15) is 0 Å². The van der Waals surface area contributed by atoms with Crippen molar-refractivity contribution in [2.45, 2.75) is 25.3 Å². The molecule has 0 spiro atoms. The Bertz CT molecular complexity index is 826. The molecule has 2 heterocycles. The lowest BCUT2D eigenvalue weighted by molar-refractivity contribution is 0.197. The average molecular weight is 360 g/mol. The number of benzene rings is 2. The van der Waals surface area contributed by atoms with Gasteiger partial charge in [-0.1, -0.05) is 41.4 Å². The molecule has 1 aliphatic heterocycles. The van der Waals surface area contributed by atoms with Crippen LogP contribution < -0.4 is 0 Å². The zero-order chi connectivity index (χ0) is 16.5. The van der Waals surface area contributed by atoms with E-state index in [0.717, 1.165) is 36.5 Å². The first-order chi connectivity index (χ1) is 11.7. The maximum Gasteiger partial charge on any atom is 0.111 e. The van der Waals surface area contributed by atoms with Crippen molar-refractivity contribution in [3.8, 4) is 0 Å². The van der Waals surface area contributed by atoms with Crippen molar-refractivity contribution in [2.75, 3.05) is 13.1 Å². The van der Waals surface area contributed by atoms with Crippen LogP contribution >= 0.6 is 23.2 Å². The van der Waals surface area contributed by atoms with E-state index >= 15 is 0 Å². The highest BCUT2D eigenvalue weighted by molar-refractivity contribution is 6.42. The highest BCUT2D eigenvalue weighted by Crippen LogP contribution is 2.29. The van der Waals surface area contributed by atoms with Gasteiger partial charge < -0.3 is 4.98 Å². The second-order valence-electron chi connectivity index (χ2n) is 6.46. The van der Waals surface area contributed by atoms with E-state index in [9.17, 15) is 0 Å². The van der Waals surface area contributed by atoms with Gasteiger partial charge in [-0.3, -0.25) is 4.90 Å². The van der Waals surface area contributed by atoms with Crippen LogP contribution in [-0.4, -0.2) is 28.0 Å². The van der Waals surface area contributed by atoms with Gasteiger partial charge in [-0.15, -0.1) is 0 Å². The lowest BCUT2D eigenvalue weighted by Crippen LogP contribution is -2.34. The van der Waals surface area contributed by atoms with Crippen molar-refractivity contribution in [1.29, 1.82) is 0 Å². The number of piperidine rings is 1. The van der Waals surface area contributed by atoms with Gasteiger partial charge in [0.25, 0.3) is 0 Å². The number of halogens is 2. The molecule has 1 unspecified atom stereocenters. The zero-order valence-electron chi connectivity index (χ0n) is 13.3. The molecule has 4 rings (SSSR count). The minimum absolute atomic E-state index is 0.453. The SMILES string of the molecule is Clc1ccc(CN2CCCC(c3nc4ccccc4[nH]3)C2)cc1Cl. The summed E-state index contributed by atoms with van der Waals surface area (Å²) in [6.45, 7) is 3.02. The first-order valence-corrected chi connectivity index (χ1v) is 9.05. The fourth-order valence-electron chi connectivity index (χ4n) is 3.48. The summed E-state index contributed by atoms with van der Waals surface area (Å²) in [6.07, 6.45) is 2.36. The predicted molar refractivity (Wildman–Crippen MR) is 99.8 cm³/mol. The van der Waals surface area contributed by atoms with Crippen molar-refractivity contribution in [1.82, 2.24) is 14.9 Å². The van der Waals surface area contributed by atoms with Gasteiger partial charge in [0.1, 0.15) is 5.82 Å². The van der Waals surface area contributed by atoms with Crippen LogP contribution in [0, 0.1) is 0 Å². The van der Waals surface area contributed by atoms with E-state index in [-0.39, 0.29) is 0 Å². The van der Waals surface area contributed by atoms with Gasteiger partial charge in [0.05, 0.1) is 21.1 Å². The summed E-state index contributed by atoms with van der Waals surface area (Å²) in [5.74, 6) is 1.56. The Hall–Kier alpha value is -1.55. The first kappa shape index (κ1) is 15.9. The lowest BCUT2D eigenvalue weighted by atomic mass is 9.97. The Kier molecular flexibility index (Phi) is 4.49. The Labute approximate surface area is 151 Å². The second-order valence-corrected chi connectivity index (χ2v) is 7.28. The summed E-state index contributed by atoms with van der Waals surface area (Å²) in [5.41, 5.74) is 3.37. The molecule has 3 nitrogen and oxygen atoms in total. The number of likely N-dealkylation sites (tertiary alicyclic amines) is 1. The van der Waals surface area contributed by atoms with Gasteiger partial charge in [-0.25, -0.2) is 4.98 Å². The van der Waals surface area contributed by atoms with Crippen LogP contribution in [0.2, 0.25) is 10.0 Å². The summed E-state index contributed by atoms with van der Waals surface area (Å²) < 4.78 is 0. The molecule has 124 valence electrons. The number of fused-ring (bicyclic) bond motifs is 1. The van der Waals surface area contributed by atoms with Crippen molar-refractivity contribution >= 4 is 34.2 Å². The van der Waals surface area contributed by atoms with Crippen LogP contribution in [0.4, 0.5) is 0 Å². The van der Waals surface area contributed by atoms with Crippen molar-refractivity contribution < 1.29 is 0 Å². The van der Waals surface area contributed by atoms with Crippen LogP contribution in [0.3, 0.4) is 0 Å². The quantitative estimate of drug-likeness (QED) is 0.692. The molecule has 1 N–H and O–H groups in total. The van der Waals surface area contributed by atoms with Gasteiger partial charge in [0.15, 0.2) is 0 Å². The molecule has 2 aromatic carbocycles. The molecule has 1 aromatic heterocycles. The number of H-pyrrole nitrogens is 1. The van der Waals surface area contributed by atoms with Crippen LogP contribution in [0.25, 0.3) is 11.0 Å². The molecular weight excluding hydrogens is 341 g/mol. The summed E-state index contributed by atoms with van der Waals surface area (Å²) in [7, 11) is 0. The van der Waals surface area contributed by atoms with Gasteiger partial charge in [0.2, 0.25) is 0 Å².